The number of aromatic nitrogens is 1. The molecule has 0 aromatic carbocycles. The van der Waals surface area contributed by atoms with Crippen molar-refractivity contribution in [2.75, 3.05) is 13.1 Å². The van der Waals surface area contributed by atoms with E-state index in [1.807, 2.05) is 13.8 Å². The molecule has 1 fully saturated rings. The summed E-state index contributed by atoms with van der Waals surface area (Å²) in [5.41, 5.74) is 2.17. The van der Waals surface area contributed by atoms with Crippen molar-refractivity contribution in [2.24, 2.45) is 16.8 Å². The third kappa shape index (κ3) is 6.43. The molecule has 1 aliphatic rings. The molecule has 5 nitrogen and oxygen atoms in total. The maximum Gasteiger partial charge on any atom is 0.191 e. The molecular formula is C20H37IN4O. The summed E-state index contributed by atoms with van der Waals surface area (Å²) in [5.74, 6) is 3.84. The Hall–Kier alpha value is -0.790. The second kappa shape index (κ2) is 11.1. The number of nitrogens with one attached hydrogen (secondary N) is 2. The van der Waals surface area contributed by atoms with Crippen LogP contribution in [-0.2, 0) is 0 Å². The van der Waals surface area contributed by atoms with E-state index in [1.54, 1.807) is 0 Å². The van der Waals surface area contributed by atoms with Gasteiger partial charge in [-0.15, -0.1) is 24.0 Å². The van der Waals surface area contributed by atoms with E-state index in [2.05, 4.69) is 43.5 Å². The zero-order chi connectivity index (χ0) is 18.4. The first kappa shape index (κ1) is 23.2. The van der Waals surface area contributed by atoms with Gasteiger partial charge in [-0.05, 0) is 58.3 Å². The van der Waals surface area contributed by atoms with Gasteiger partial charge < -0.3 is 15.2 Å². The molecule has 26 heavy (non-hydrogen) atoms. The molecule has 1 aliphatic carbocycles. The fourth-order valence-corrected chi connectivity index (χ4v) is 3.96. The molecule has 2 N–H and O–H groups in total. The van der Waals surface area contributed by atoms with Gasteiger partial charge in [-0.2, -0.15) is 0 Å². The largest absolute Gasteiger partial charge is 0.361 e. The first-order valence-corrected chi connectivity index (χ1v) is 9.89. The molecule has 0 aliphatic heterocycles. The quantitative estimate of drug-likeness (QED) is 0.352. The van der Waals surface area contributed by atoms with Crippen LogP contribution >= 0.6 is 24.0 Å². The molecule has 1 saturated carbocycles. The second-order valence-corrected chi connectivity index (χ2v) is 7.86. The number of hydrogen-bond acceptors (Lipinski definition) is 3. The van der Waals surface area contributed by atoms with Crippen LogP contribution in [0.3, 0.4) is 0 Å². The molecule has 0 bridgehead atoms. The molecule has 0 saturated heterocycles. The monoisotopic (exact) mass is 476 g/mol. The number of hydrogen-bond donors (Lipinski definition) is 2. The van der Waals surface area contributed by atoms with Crippen molar-refractivity contribution in [1.82, 2.24) is 15.8 Å². The molecule has 1 atom stereocenters. The van der Waals surface area contributed by atoms with E-state index >= 15 is 0 Å². The van der Waals surface area contributed by atoms with E-state index in [9.17, 15) is 0 Å². The zero-order valence-corrected chi connectivity index (χ0v) is 19.6. The first-order valence-electron chi connectivity index (χ1n) is 9.89. The summed E-state index contributed by atoms with van der Waals surface area (Å²) in [4.78, 5) is 4.82. The van der Waals surface area contributed by atoms with Gasteiger partial charge in [0.25, 0.3) is 0 Å². The Bertz CT molecular complexity index is 543. The van der Waals surface area contributed by atoms with E-state index in [4.69, 9.17) is 9.52 Å². The Labute approximate surface area is 176 Å². The number of halogens is 1. The lowest BCUT2D eigenvalue weighted by Gasteiger charge is -2.32. The first-order chi connectivity index (χ1) is 11.9. The van der Waals surface area contributed by atoms with Crippen molar-refractivity contribution in [2.45, 2.75) is 79.2 Å². The smallest absolute Gasteiger partial charge is 0.191 e. The fraction of sp³-hybridized carbons (Fsp3) is 0.800. The van der Waals surface area contributed by atoms with Crippen LogP contribution in [0.5, 0.6) is 0 Å². The zero-order valence-electron chi connectivity index (χ0n) is 17.3. The molecule has 1 aromatic rings. The number of nitrogens with zero attached hydrogens (tertiary/aromatic N) is 2. The Morgan fingerprint density at radius 1 is 1.19 bits per heavy atom. The van der Waals surface area contributed by atoms with Gasteiger partial charge in [-0.1, -0.05) is 25.9 Å². The standard InChI is InChI=1S/C20H36N4O.HI/c1-7-21-20(23-18-10-8-17(9-11-18)13(2)3)22-12-14(4)19-15(5)24-25-16(19)6;/h13-14,17-18H,7-12H2,1-6H3,(H2,21,22,23);1H. The van der Waals surface area contributed by atoms with Gasteiger partial charge in [0.05, 0.1) is 5.69 Å². The van der Waals surface area contributed by atoms with Gasteiger partial charge in [0.15, 0.2) is 5.96 Å². The Kier molecular flexibility index (Phi) is 9.97. The number of aryl methyl sites for hydroxylation is 2. The summed E-state index contributed by atoms with van der Waals surface area (Å²) in [7, 11) is 0. The third-order valence-electron chi connectivity index (χ3n) is 5.50. The highest BCUT2D eigenvalue weighted by molar-refractivity contribution is 14.0. The van der Waals surface area contributed by atoms with Crippen molar-refractivity contribution in [3.05, 3.63) is 17.0 Å². The Morgan fingerprint density at radius 3 is 2.35 bits per heavy atom. The van der Waals surface area contributed by atoms with Crippen molar-refractivity contribution in [3.63, 3.8) is 0 Å². The van der Waals surface area contributed by atoms with Crippen LogP contribution in [0.25, 0.3) is 0 Å². The van der Waals surface area contributed by atoms with Gasteiger partial charge in [0.1, 0.15) is 5.76 Å². The summed E-state index contributed by atoms with van der Waals surface area (Å²) < 4.78 is 5.29. The minimum atomic E-state index is 0. The second-order valence-electron chi connectivity index (χ2n) is 7.86. The van der Waals surface area contributed by atoms with Crippen LogP contribution in [0.15, 0.2) is 9.52 Å². The van der Waals surface area contributed by atoms with Crippen molar-refractivity contribution in [3.8, 4) is 0 Å². The van der Waals surface area contributed by atoms with Crippen molar-refractivity contribution < 1.29 is 4.52 Å². The predicted molar refractivity (Wildman–Crippen MR) is 120 cm³/mol. The lowest BCUT2D eigenvalue weighted by atomic mass is 9.80. The van der Waals surface area contributed by atoms with Crippen molar-refractivity contribution >= 4 is 29.9 Å². The summed E-state index contributed by atoms with van der Waals surface area (Å²) in [6, 6.07) is 0.544. The third-order valence-corrected chi connectivity index (χ3v) is 5.50. The molecule has 1 heterocycles. The highest BCUT2D eigenvalue weighted by Crippen LogP contribution is 2.29. The van der Waals surface area contributed by atoms with E-state index < -0.39 is 0 Å². The van der Waals surface area contributed by atoms with Crippen LogP contribution < -0.4 is 10.6 Å². The molecule has 2 rings (SSSR count). The molecule has 6 heteroatoms. The van der Waals surface area contributed by atoms with E-state index in [0.29, 0.717) is 12.0 Å². The number of guanidine groups is 1. The molecular weight excluding hydrogens is 439 g/mol. The maximum absolute atomic E-state index is 5.29. The van der Waals surface area contributed by atoms with Gasteiger partial charge >= 0.3 is 0 Å². The predicted octanol–water partition coefficient (Wildman–Crippen LogP) is 4.78. The molecule has 1 aromatic heterocycles. The van der Waals surface area contributed by atoms with E-state index in [-0.39, 0.29) is 24.0 Å². The summed E-state index contributed by atoms with van der Waals surface area (Å²) in [5, 5.41) is 11.1. The van der Waals surface area contributed by atoms with Crippen LogP contribution in [0.4, 0.5) is 0 Å². The molecule has 0 radical (unpaired) electrons. The topological polar surface area (TPSA) is 62.5 Å². The maximum atomic E-state index is 5.29. The highest BCUT2D eigenvalue weighted by atomic mass is 127. The van der Waals surface area contributed by atoms with Gasteiger partial charge in [-0.25, -0.2) is 0 Å². The molecule has 1 unspecified atom stereocenters. The van der Waals surface area contributed by atoms with Crippen LogP contribution in [-0.4, -0.2) is 30.2 Å². The molecule has 0 spiro atoms. The minimum Gasteiger partial charge on any atom is -0.361 e. The Morgan fingerprint density at radius 2 is 1.85 bits per heavy atom. The molecule has 0 amide bonds. The van der Waals surface area contributed by atoms with Gasteiger partial charge in [0.2, 0.25) is 0 Å². The van der Waals surface area contributed by atoms with Gasteiger partial charge in [-0.3, -0.25) is 4.99 Å². The average molecular weight is 476 g/mol. The van der Waals surface area contributed by atoms with E-state index in [1.165, 1.54) is 31.2 Å². The van der Waals surface area contributed by atoms with Crippen LogP contribution in [0.2, 0.25) is 0 Å². The van der Waals surface area contributed by atoms with Gasteiger partial charge in [0, 0.05) is 30.6 Å². The Balaban J connectivity index is 0.00000338. The van der Waals surface area contributed by atoms with Crippen LogP contribution in [0, 0.1) is 25.7 Å². The summed E-state index contributed by atoms with van der Waals surface area (Å²) in [6.07, 6.45) is 5.13. The van der Waals surface area contributed by atoms with E-state index in [0.717, 1.165) is 42.3 Å². The normalized spacial score (nSPS) is 22.0. The summed E-state index contributed by atoms with van der Waals surface area (Å²) >= 11 is 0. The average Bonchev–Trinajstić information content (AvgIpc) is 2.92. The van der Waals surface area contributed by atoms with Crippen LogP contribution in [0.1, 0.15) is 76.3 Å². The minimum absolute atomic E-state index is 0. The molecule has 150 valence electrons. The summed E-state index contributed by atoms with van der Waals surface area (Å²) in [6.45, 7) is 14.6. The fourth-order valence-electron chi connectivity index (χ4n) is 3.96. The lowest BCUT2D eigenvalue weighted by Crippen LogP contribution is -2.45. The number of aliphatic imine (C=N–C) groups is 1. The lowest BCUT2D eigenvalue weighted by molar-refractivity contribution is 0.250. The van der Waals surface area contributed by atoms with Crippen molar-refractivity contribution in [1.29, 1.82) is 0 Å². The SMILES string of the molecule is CCNC(=NCC(C)c1c(C)noc1C)NC1CCC(C(C)C)CC1.I. The highest BCUT2D eigenvalue weighted by Gasteiger charge is 2.24. The number of rotatable bonds is 6.